The van der Waals surface area contributed by atoms with Crippen LogP contribution in [0.3, 0.4) is 0 Å². The molecule has 0 aliphatic carbocycles. The average Bonchev–Trinajstić information content (AvgIpc) is 3.35. The van der Waals surface area contributed by atoms with Crippen molar-refractivity contribution in [2.45, 2.75) is 18.0 Å². The maximum atomic E-state index is 14.1. The van der Waals surface area contributed by atoms with Gasteiger partial charge in [-0.25, -0.2) is 9.49 Å². The number of carbonyl (C=O) groups is 1. The molecule has 156 valence electrons. The van der Waals surface area contributed by atoms with Gasteiger partial charge >= 0.3 is 6.18 Å². The predicted octanol–water partition coefficient (Wildman–Crippen LogP) is 2.31. The molecule has 12 heteroatoms. The van der Waals surface area contributed by atoms with Crippen LogP contribution in [0.2, 0.25) is 0 Å². The van der Waals surface area contributed by atoms with E-state index in [0.29, 0.717) is 0 Å². The number of halogens is 4. The fourth-order valence-corrected chi connectivity index (χ4v) is 3.35. The van der Waals surface area contributed by atoms with E-state index >= 15 is 0 Å². The van der Waals surface area contributed by atoms with Gasteiger partial charge in [-0.2, -0.15) is 23.3 Å². The van der Waals surface area contributed by atoms with E-state index in [1.807, 2.05) is 0 Å². The van der Waals surface area contributed by atoms with Crippen molar-refractivity contribution in [1.82, 2.24) is 25.2 Å². The topological polar surface area (TPSA) is 105 Å². The van der Waals surface area contributed by atoms with Gasteiger partial charge in [0.15, 0.2) is 5.41 Å². The van der Waals surface area contributed by atoms with Gasteiger partial charge in [-0.1, -0.05) is 17.3 Å². The normalized spacial score (nSPS) is 19.3. The molecule has 1 amide bonds. The Morgan fingerprint density at radius 1 is 1.27 bits per heavy atom. The first-order valence-electron chi connectivity index (χ1n) is 8.70. The lowest BCUT2D eigenvalue weighted by molar-refractivity contribution is -0.193. The van der Waals surface area contributed by atoms with Gasteiger partial charge < -0.3 is 9.42 Å². The molecule has 1 aromatic carbocycles. The second-order valence-corrected chi connectivity index (χ2v) is 6.82. The molecule has 1 unspecified atom stereocenters. The third-order valence-electron chi connectivity index (χ3n) is 4.93. The van der Waals surface area contributed by atoms with Gasteiger partial charge in [0, 0.05) is 24.7 Å². The van der Waals surface area contributed by atoms with Crippen LogP contribution in [0.1, 0.15) is 22.7 Å². The fourth-order valence-electron chi connectivity index (χ4n) is 3.35. The van der Waals surface area contributed by atoms with Crippen molar-refractivity contribution in [3.63, 3.8) is 0 Å². The Kier molecular flexibility index (Phi) is 4.63. The third-order valence-corrected chi connectivity index (χ3v) is 4.93. The Labute approximate surface area is 165 Å². The summed E-state index contributed by atoms with van der Waals surface area (Å²) < 4.78 is 60.6. The van der Waals surface area contributed by atoms with Crippen LogP contribution in [0.4, 0.5) is 17.6 Å². The van der Waals surface area contributed by atoms with Crippen molar-refractivity contribution >= 4 is 5.91 Å². The van der Waals surface area contributed by atoms with Crippen LogP contribution < -0.4 is 5.56 Å². The van der Waals surface area contributed by atoms with Crippen molar-refractivity contribution in [3.05, 3.63) is 64.2 Å². The Hall–Kier alpha value is -3.57. The number of nitrogens with zero attached hydrogens (tertiary/aromatic N) is 4. The number of amides is 1. The van der Waals surface area contributed by atoms with Gasteiger partial charge in [-0.3, -0.25) is 9.59 Å². The quantitative estimate of drug-likeness (QED) is 0.649. The maximum absolute atomic E-state index is 14.1. The highest BCUT2D eigenvalue weighted by atomic mass is 19.4. The molecule has 1 N–H and O–H groups in total. The second-order valence-electron chi connectivity index (χ2n) is 6.82. The lowest BCUT2D eigenvalue weighted by atomic mass is 9.86. The second kappa shape index (κ2) is 7.04. The largest absolute Gasteiger partial charge is 0.405 e. The molecule has 0 radical (unpaired) electrons. The Bertz CT molecular complexity index is 1160. The Morgan fingerprint density at radius 2 is 2.07 bits per heavy atom. The van der Waals surface area contributed by atoms with Gasteiger partial charge in [0.2, 0.25) is 11.7 Å². The molecule has 8 nitrogen and oxygen atoms in total. The van der Waals surface area contributed by atoms with Crippen molar-refractivity contribution in [2.24, 2.45) is 0 Å². The number of carbonyl (C=O) groups excluding carboxylic acids is 1. The number of H-pyrrole nitrogens is 1. The first-order valence-corrected chi connectivity index (χ1v) is 8.70. The van der Waals surface area contributed by atoms with Gasteiger partial charge in [0.05, 0.1) is 11.8 Å². The lowest BCUT2D eigenvalue weighted by Gasteiger charge is -2.27. The lowest BCUT2D eigenvalue weighted by Crippen LogP contribution is -2.46. The predicted molar refractivity (Wildman–Crippen MR) is 92.8 cm³/mol. The number of aromatic nitrogens is 4. The monoisotopic (exact) mass is 423 g/mol. The smallest absolute Gasteiger partial charge is 0.338 e. The zero-order valence-corrected chi connectivity index (χ0v) is 15.1. The third kappa shape index (κ3) is 3.33. The molecule has 0 spiro atoms. The summed E-state index contributed by atoms with van der Waals surface area (Å²) in [5.41, 5.74) is -3.22. The summed E-state index contributed by atoms with van der Waals surface area (Å²) in [5, 5.41) is 9.13. The maximum Gasteiger partial charge on any atom is 0.405 e. The van der Waals surface area contributed by atoms with Crippen LogP contribution >= 0.6 is 0 Å². The van der Waals surface area contributed by atoms with Gasteiger partial charge in [0.1, 0.15) is 5.82 Å². The molecule has 1 aliphatic heterocycles. The summed E-state index contributed by atoms with van der Waals surface area (Å²) in [7, 11) is 0. The summed E-state index contributed by atoms with van der Waals surface area (Å²) >= 11 is 0. The number of hydrogen-bond donors (Lipinski definition) is 1. The fraction of sp³-hybridized carbons (Fsp3) is 0.278. The molecule has 0 bridgehead atoms. The van der Waals surface area contributed by atoms with Crippen LogP contribution in [-0.2, 0) is 5.41 Å². The standard InChI is InChI=1S/C18H13F4N5O3/c19-12-3-1-2-10(6-12)14-24-16(30-26-14)17(18(20,21)22)4-5-27(9-17)15(29)11-7-13(28)25-23-8-11/h1-3,6-8H,4-5,9H2,(H,25,28). The molecule has 0 saturated carbocycles. The average molecular weight is 423 g/mol. The van der Waals surface area contributed by atoms with Gasteiger partial charge in [-0.05, 0) is 18.6 Å². The molecular formula is C18H13F4N5O3. The van der Waals surface area contributed by atoms with Crippen LogP contribution in [0, 0.1) is 5.82 Å². The van der Waals surface area contributed by atoms with E-state index in [2.05, 4.69) is 20.3 Å². The van der Waals surface area contributed by atoms with Crippen molar-refractivity contribution in [1.29, 1.82) is 0 Å². The van der Waals surface area contributed by atoms with E-state index in [4.69, 9.17) is 4.52 Å². The van der Waals surface area contributed by atoms with Crippen molar-refractivity contribution in [3.8, 4) is 11.4 Å². The molecule has 1 atom stereocenters. The number of aromatic amines is 1. The highest BCUT2D eigenvalue weighted by molar-refractivity contribution is 5.94. The van der Waals surface area contributed by atoms with E-state index < -0.39 is 47.7 Å². The summed E-state index contributed by atoms with van der Waals surface area (Å²) in [4.78, 5) is 28.7. The summed E-state index contributed by atoms with van der Waals surface area (Å²) in [5.74, 6) is -2.29. The minimum Gasteiger partial charge on any atom is -0.338 e. The van der Waals surface area contributed by atoms with E-state index in [1.54, 1.807) is 0 Å². The number of rotatable bonds is 3. The molecule has 1 aliphatic rings. The van der Waals surface area contributed by atoms with E-state index in [1.165, 1.54) is 18.2 Å². The molecule has 1 saturated heterocycles. The summed E-state index contributed by atoms with van der Waals surface area (Å²) in [6.07, 6.45) is -4.25. The highest BCUT2D eigenvalue weighted by Gasteiger charge is 2.63. The Balaban J connectivity index is 1.67. The molecule has 1 fully saturated rings. The highest BCUT2D eigenvalue weighted by Crippen LogP contribution is 2.47. The van der Waals surface area contributed by atoms with E-state index in [9.17, 15) is 27.2 Å². The molecule has 3 heterocycles. The number of alkyl halides is 3. The molecular weight excluding hydrogens is 410 g/mol. The van der Waals surface area contributed by atoms with Crippen LogP contribution in [-0.4, -0.2) is 50.4 Å². The van der Waals surface area contributed by atoms with Gasteiger partial charge in [-0.15, -0.1) is 0 Å². The van der Waals surface area contributed by atoms with Crippen LogP contribution in [0.25, 0.3) is 11.4 Å². The molecule has 4 rings (SSSR count). The summed E-state index contributed by atoms with van der Waals surface area (Å²) in [6, 6.07) is 6.00. The number of likely N-dealkylation sites (tertiary alicyclic amines) is 1. The number of nitrogens with one attached hydrogen (secondary N) is 1. The zero-order valence-electron chi connectivity index (χ0n) is 15.1. The molecule has 2 aromatic heterocycles. The first kappa shape index (κ1) is 19.7. The van der Waals surface area contributed by atoms with E-state index in [-0.39, 0.29) is 23.5 Å². The minimum absolute atomic E-state index is 0.136. The van der Waals surface area contributed by atoms with Crippen LogP contribution in [0.15, 0.2) is 45.8 Å². The van der Waals surface area contributed by atoms with Crippen molar-refractivity contribution < 1.29 is 26.9 Å². The SMILES string of the molecule is O=C(c1cn[nH]c(=O)c1)N1CCC(c2nc(-c3cccc(F)c3)no2)(C(F)(F)F)C1. The van der Waals surface area contributed by atoms with Gasteiger partial charge in [0.25, 0.3) is 11.5 Å². The first-order chi connectivity index (χ1) is 14.2. The Morgan fingerprint density at radius 3 is 2.77 bits per heavy atom. The van der Waals surface area contributed by atoms with Crippen LogP contribution in [0.5, 0.6) is 0 Å². The minimum atomic E-state index is -4.81. The molecule has 3 aromatic rings. The van der Waals surface area contributed by atoms with E-state index in [0.717, 1.165) is 23.2 Å². The number of benzene rings is 1. The van der Waals surface area contributed by atoms with Crippen molar-refractivity contribution in [2.75, 3.05) is 13.1 Å². The zero-order chi connectivity index (χ0) is 21.5. The number of hydrogen-bond acceptors (Lipinski definition) is 6. The summed E-state index contributed by atoms with van der Waals surface area (Å²) in [6.45, 7) is -1.02. The molecule has 30 heavy (non-hydrogen) atoms.